The van der Waals surface area contributed by atoms with Crippen LogP contribution in [0.15, 0.2) is 11.6 Å². The van der Waals surface area contributed by atoms with Crippen molar-refractivity contribution in [2.45, 2.75) is 39.7 Å². The first-order valence-corrected chi connectivity index (χ1v) is 4.92. The van der Waals surface area contributed by atoms with Crippen LogP contribution in [0.1, 0.15) is 33.6 Å². The summed E-state index contributed by atoms with van der Waals surface area (Å²) in [7, 11) is 0. The van der Waals surface area contributed by atoms with E-state index < -0.39 is 0 Å². The van der Waals surface area contributed by atoms with E-state index in [1.165, 1.54) is 12.0 Å². The predicted octanol–water partition coefficient (Wildman–Crippen LogP) is 2.36. The molecular weight excluding hydrogens is 148 g/mol. The van der Waals surface area contributed by atoms with Crippen LogP contribution in [0.5, 0.6) is 0 Å². The summed E-state index contributed by atoms with van der Waals surface area (Å²) >= 11 is 0. The SMILES string of the molecule is C/C=C1/[C@@H]2C[C@@H](C[C@H]2O)C1(C)C. The normalized spacial score (nSPS) is 47.3. The Balaban J connectivity index is 2.36. The maximum atomic E-state index is 9.71. The Bertz CT molecular complexity index is 227. The summed E-state index contributed by atoms with van der Waals surface area (Å²) in [5.74, 6) is 1.21. The zero-order chi connectivity index (χ0) is 8.93. The number of aliphatic hydroxyl groups excluding tert-OH is 1. The second kappa shape index (κ2) is 2.35. The minimum Gasteiger partial charge on any atom is -0.392 e. The molecule has 1 N–H and O–H groups in total. The van der Waals surface area contributed by atoms with Crippen LogP contribution in [0, 0.1) is 17.3 Å². The Labute approximate surface area is 74.5 Å². The van der Waals surface area contributed by atoms with Gasteiger partial charge in [-0.25, -0.2) is 0 Å². The molecule has 0 heterocycles. The van der Waals surface area contributed by atoms with Gasteiger partial charge in [-0.3, -0.25) is 0 Å². The Morgan fingerprint density at radius 2 is 2.08 bits per heavy atom. The molecule has 0 spiro atoms. The van der Waals surface area contributed by atoms with E-state index in [-0.39, 0.29) is 6.10 Å². The molecule has 2 bridgehead atoms. The van der Waals surface area contributed by atoms with Gasteiger partial charge in [0.1, 0.15) is 0 Å². The van der Waals surface area contributed by atoms with E-state index >= 15 is 0 Å². The van der Waals surface area contributed by atoms with E-state index in [1.54, 1.807) is 0 Å². The minimum atomic E-state index is -0.0470. The van der Waals surface area contributed by atoms with Crippen molar-refractivity contribution in [3.8, 4) is 0 Å². The van der Waals surface area contributed by atoms with Crippen molar-refractivity contribution in [1.82, 2.24) is 0 Å². The van der Waals surface area contributed by atoms with Gasteiger partial charge < -0.3 is 5.11 Å². The summed E-state index contributed by atoms with van der Waals surface area (Å²) in [4.78, 5) is 0. The summed E-state index contributed by atoms with van der Waals surface area (Å²) < 4.78 is 0. The standard InChI is InChI=1S/C11H18O/c1-4-9-8-5-7(6-10(8)12)11(9,2)3/h4,7-8,10,12H,5-6H2,1-3H3/b9-4-/t7-,8-,10+/m0/s1. The van der Waals surface area contributed by atoms with E-state index in [9.17, 15) is 5.11 Å². The van der Waals surface area contributed by atoms with Crippen LogP contribution in [0.3, 0.4) is 0 Å². The van der Waals surface area contributed by atoms with Crippen LogP contribution in [0.4, 0.5) is 0 Å². The van der Waals surface area contributed by atoms with Gasteiger partial charge in [-0.2, -0.15) is 0 Å². The summed E-state index contributed by atoms with van der Waals surface area (Å²) in [6, 6.07) is 0. The van der Waals surface area contributed by atoms with Gasteiger partial charge in [0.25, 0.3) is 0 Å². The van der Waals surface area contributed by atoms with Crippen LogP contribution in [-0.4, -0.2) is 11.2 Å². The number of allylic oxidation sites excluding steroid dienone is 1. The molecular formula is C11H18O. The zero-order valence-corrected chi connectivity index (χ0v) is 8.17. The highest BCUT2D eigenvalue weighted by atomic mass is 16.3. The molecule has 0 radical (unpaired) electrons. The van der Waals surface area contributed by atoms with E-state index in [4.69, 9.17) is 0 Å². The Morgan fingerprint density at radius 1 is 1.42 bits per heavy atom. The van der Waals surface area contributed by atoms with Crippen LogP contribution >= 0.6 is 0 Å². The molecule has 1 heteroatoms. The molecule has 0 saturated heterocycles. The first kappa shape index (κ1) is 8.31. The fourth-order valence-corrected chi connectivity index (χ4v) is 3.24. The third-order valence-electron chi connectivity index (χ3n) is 4.00. The molecule has 1 nitrogen and oxygen atoms in total. The molecule has 2 rings (SSSR count). The van der Waals surface area contributed by atoms with Gasteiger partial charge in [-0.1, -0.05) is 25.5 Å². The van der Waals surface area contributed by atoms with E-state index in [2.05, 4.69) is 26.8 Å². The van der Waals surface area contributed by atoms with Gasteiger partial charge in [0.05, 0.1) is 6.10 Å². The maximum absolute atomic E-state index is 9.71. The van der Waals surface area contributed by atoms with Gasteiger partial charge in [0.15, 0.2) is 0 Å². The molecule has 68 valence electrons. The van der Waals surface area contributed by atoms with Crippen LogP contribution in [-0.2, 0) is 0 Å². The largest absolute Gasteiger partial charge is 0.392 e. The number of fused-ring (bicyclic) bond motifs is 2. The van der Waals surface area contributed by atoms with Gasteiger partial charge in [0, 0.05) is 5.92 Å². The van der Waals surface area contributed by atoms with Crippen molar-refractivity contribution in [3.05, 3.63) is 11.6 Å². The van der Waals surface area contributed by atoms with Crippen molar-refractivity contribution in [2.75, 3.05) is 0 Å². The Morgan fingerprint density at radius 3 is 2.50 bits per heavy atom. The average molecular weight is 166 g/mol. The third kappa shape index (κ3) is 0.832. The summed E-state index contributed by atoms with van der Waals surface area (Å²) in [5.41, 5.74) is 1.85. The van der Waals surface area contributed by atoms with E-state index in [0.29, 0.717) is 11.3 Å². The summed E-state index contributed by atoms with van der Waals surface area (Å²) in [5, 5.41) is 9.71. The summed E-state index contributed by atoms with van der Waals surface area (Å²) in [6.07, 6.45) is 4.41. The van der Waals surface area contributed by atoms with Crippen molar-refractivity contribution in [1.29, 1.82) is 0 Å². The first-order chi connectivity index (χ1) is 5.57. The number of aliphatic hydroxyl groups is 1. The fourth-order valence-electron chi connectivity index (χ4n) is 3.24. The number of hydrogen-bond acceptors (Lipinski definition) is 1. The Hall–Kier alpha value is -0.300. The van der Waals surface area contributed by atoms with E-state index in [1.807, 2.05) is 0 Å². The number of hydrogen-bond donors (Lipinski definition) is 1. The van der Waals surface area contributed by atoms with E-state index in [0.717, 1.165) is 12.3 Å². The highest BCUT2D eigenvalue weighted by Crippen LogP contribution is 2.58. The van der Waals surface area contributed by atoms with Crippen molar-refractivity contribution < 1.29 is 5.11 Å². The average Bonchev–Trinajstić information content (AvgIpc) is 2.43. The van der Waals surface area contributed by atoms with Gasteiger partial charge in [0.2, 0.25) is 0 Å². The summed E-state index contributed by atoms with van der Waals surface area (Å²) in [6.45, 7) is 6.74. The van der Waals surface area contributed by atoms with Crippen LogP contribution < -0.4 is 0 Å². The van der Waals surface area contributed by atoms with Crippen molar-refractivity contribution >= 4 is 0 Å². The zero-order valence-electron chi connectivity index (χ0n) is 8.17. The van der Waals surface area contributed by atoms with Gasteiger partial charge >= 0.3 is 0 Å². The third-order valence-corrected chi connectivity index (χ3v) is 4.00. The highest BCUT2D eigenvalue weighted by molar-refractivity contribution is 5.27. The molecule has 0 aromatic carbocycles. The molecule has 0 aromatic rings. The molecule has 2 saturated carbocycles. The molecule has 0 aliphatic heterocycles. The lowest BCUT2D eigenvalue weighted by atomic mass is 9.72. The predicted molar refractivity (Wildman–Crippen MR) is 49.8 cm³/mol. The van der Waals surface area contributed by atoms with Crippen LogP contribution in [0.2, 0.25) is 0 Å². The second-order valence-electron chi connectivity index (χ2n) is 4.81. The molecule has 2 aliphatic rings. The topological polar surface area (TPSA) is 20.2 Å². The molecule has 3 atom stereocenters. The molecule has 0 aromatic heterocycles. The van der Waals surface area contributed by atoms with Crippen molar-refractivity contribution in [2.24, 2.45) is 17.3 Å². The smallest absolute Gasteiger partial charge is 0.0608 e. The molecule has 0 unspecified atom stereocenters. The lowest BCUT2D eigenvalue weighted by Crippen LogP contribution is -2.30. The van der Waals surface area contributed by atoms with Crippen LogP contribution in [0.25, 0.3) is 0 Å². The Kier molecular flexibility index (Phi) is 1.63. The molecule has 2 fully saturated rings. The number of rotatable bonds is 0. The quantitative estimate of drug-likeness (QED) is 0.548. The molecule has 0 amide bonds. The van der Waals surface area contributed by atoms with Crippen molar-refractivity contribution in [3.63, 3.8) is 0 Å². The monoisotopic (exact) mass is 166 g/mol. The highest BCUT2D eigenvalue weighted by Gasteiger charge is 2.52. The molecule has 12 heavy (non-hydrogen) atoms. The molecule has 2 aliphatic carbocycles. The lowest BCUT2D eigenvalue weighted by Gasteiger charge is -2.35. The maximum Gasteiger partial charge on any atom is 0.0608 e. The fraction of sp³-hybridized carbons (Fsp3) is 0.818. The minimum absolute atomic E-state index is 0.0470. The first-order valence-electron chi connectivity index (χ1n) is 4.92. The van der Waals surface area contributed by atoms with Gasteiger partial charge in [-0.15, -0.1) is 0 Å². The lowest BCUT2D eigenvalue weighted by molar-refractivity contribution is 0.107. The second-order valence-corrected chi connectivity index (χ2v) is 4.81. The van der Waals surface area contributed by atoms with Gasteiger partial charge in [-0.05, 0) is 31.1 Å².